The van der Waals surface area contributed by atoms with E-state index in [1.807, 2.05) is 6.92 Å². The molecule has 0 aromatic heterocycles. The van der Waals surface area contributed by atoms with Crippen LogP contribution in [0.1, 0.15) is 57.1 Å². The molecule has 2 aliphatic rings. The number of fused-ring (bicyclic) bond motifs is 1. The molecular weight excluding hydrogens is 272 g/mol. The predicted molar refractivity (Wildman–Crippen MR) is 91.1 cm³/mol. The van der Waals surface area contributed by atoms with E-state index in [1.165, 1.54) is 43.2 Å². The van der Waals surface area contributed by atoms with Crippen LogP contribution in [0.3, 0.4) is 0 Å². The highest BCUT2D eigenvalue weighted by Gasteiger charge is 2.22. The van der Waals surface area contributed by atoms with E-state index in [-0.39, 0.29) is 11.9 Å². The number of amides is 1. The zero-order chi connectivity index (χ0) is 15.5. The van der Waals surface area contributed by atoms with Crippen LogP contribution in [0.4, 0.5) is 5.69 Å². The third-order valence-corrected chi connectivity index (χ3v) is 5.24. The molecule has 0 heterocycles. The predicted octanol–water partition coefficient (Wildman–Crippen LogP) is 3.67. The van der Waals surface area contributed by atoms with Gasteiger partial charge in [0.25, 0.3) is 0 Å². The van der Waals surface area contributed by atoms with Gasteiger partial charge in [-0.3, -0.25) is 4.79 Å². The standard InChI is InChI=1S/C19H28N2O/c1-13-6-9-17(10-7-13)21-19(22)14(2)20-18-11-8-15-4-3-5-16(15)12-18/h8,11-14,17,20H,3-7,9-10H2,1-2H3,(H,21,22). The van der Waals surface area contributed by atoms with E-state index >= 15 is 0 Å². The van der Waals surface area contributed by atoms with E-state index < -0.39 is 0 Å². The summed E-state index contributed by atoms with van der Waals surface area (Å²) in [6.45, 7) is 4.25. The van der Waals surface area contributed by atoms with Gasteiger partial charge in [0.15, 0.2) is 0 Å². The van der Waals surface area contributed by atoms with Crippen molar-refractivity contribution in [1.82, 2.24) is 5.32 Å². The normalized spacial score (nSPS) is 25.4. The van der Waals surface area contributed by atoms with Gasteiger partial charge in [-0.05, 0) is 81.0 Å². The maximum atomic E-state index is 12.4. The summed E-state index contributed by atoms with van der Waals surface area (Å²) in [6, 6.07) is 6.72. The van der Waals surface area contributed by atoms with Gasteiger partial charge >= 0.3 is 0 Å². The second-order valence-electron chi connectivity index (χ2n) is 7.17. The molecule has 2 aliphatic carbocycles. The lowest BCUT2D eigenvalue weighted by Gasteiger charge is -2.28. The number of hydrogen-bond acceptors (Lipinski definition) is 2. The molecule has 1 amide bonds. The van der Waals surface area contributed by atoms with Gasteiger partial charge in [0.1, 0.15) is 6.04 Å². The molecular formula is C19H28N2O. The number of aryl methyl sites for hydroxylation is 2. The van der Waals surface area contributed by atoms with Crippen molar-refractivity contribution in [2.45, 2.75) is 70.9 Å². The Hall–Kier alpha value is -1.51. The molecule has 1 aromatic carbocycles. The highest BCUT2D eigenvalue weighted by molar-refractivity contribution is 5.84. The van der Waals surface area contributed by atoms with Crippen LogP contribution in [-0.4, -0.2) is 18.0 Å². The third kappa shape index (κ3) is 3.63. The molecule has 1 atom stereocenters. The molecule has 1 unspecified atom stereocenters. The summed E-state index contributed by atoms with van der Waals surface area (Å²) in [5.74, 6) is 0.940. The zero-order valence-corrected chi connectivity index (χ0v) is 13.8. The summed E-state index contributed by atoms with van der Waals surface area (Å²) in [5.41, 5.74) is 3.98. The summed E-state index contributed by atoms with van der Waals surface area (Å²) < 4.78 is 0. The highest BCUT2D eigenvalue weighted by Crippen LogP contribution is 2.26. The molecule has 1 saturated carbocycles. The Morgan fingerprint density at radius 2 is 1.86 bits per heavy atom. The van der Waals surface area contributed by atoms with E-state index in [1.54, 1.807) is 0 Å². The van der Waals surface area contributed by atoms with Crippen LogP contribution in [0.5, 0.6) is 0 Å². The average molecular weight is 300 g/mol. The van der Waals surface area contributed by atoms with E-state index in [0.717, 1.165) is 24.4 Å². The lowest BCUT2D eigenvalue weighted by atomic mass is 9.87. The number of anilines is 1. The van der Waals surface area contributed by atoms with Crippen LogP contribution in [0, 0.1) is 5.92 Å². The second-order valence-corrected chi connectivity index (χ2v) is 7.17. The van der Waals surface area contributed by atoms with E-state index in [2.05, 4.69) is 35.8 Å². The van der Waals surface area contributed by atoms with Gasteiger partial charge in [-0.25, -0.2) is 0 Å². The number of carbonyl (C=O) groups is 1. The SMILES string of the molecule is CC1CCC(NC(=O)C(C)Nc2ccc3c(c2)CCC3)CC1. The third-order valence-electron chi connectivity index (χ3n) is 5.24. The fraction of sp³-hybridized carbons (Fsp3) is 0.632. The molecule has 3 heteroatoms. The molecule has 3 nitrogen and oxygen atoms in total. The second kappa shape index (κ2) is 6.72. The van der Waals surface area contributed by atoms with Gasteiger partial charge in [-0.2, -0.15) is 0 Å². The molecule has 0 aliphatic heterocycles. The Balaban J connectivity index is 1.52. The first-order valence-corrected chi connectivity index (χ1v) is 8.80. The van der Waals surface area contributed by atoms with Gasteiger partial charge in [-0.15, -0.1) is 0 Å². The topological polar surface area (TPSA) is 41.1 Å². The molecule has 2 N–H and O–H groups in total. The van der Waals surface area contributed by atoms with Gasteiger partial charge in [0.2, 0.25) is 5.91 Å². The molecule has 120 valence electrons. The van der Waals surface area contributed by atoms with E-state index in [4.69, 9.17) is 0 Å². The quantitative estimate of drug-likeness (QED) is 0.891. The smallest absolute Gasteiger partial charge is 0.242 e. The van der Waals surface area contributed by atoms with Gasteiger partial charge in [0, 0.05) is 11.7 Å². The van der Waals surface area contributed by atoms with Crippen molar-refractivity contribution in [1.29, 1.82) is 0 Å². The Morgan fingerprint density at radius 1 is 1.14 bits per heavy atom. The summed E-state index contributed by atoms with van der Waals surface area (Å²) in [6.07, 6.45) is 8.35. The average Bonchev–Trinajstić information content (AvgIpc) is 2.97. The molecule has 3 rings (SSSR count). The number of carbonyl (C=O) groups excluding carboxylic acids is 1. The Kier molecular flexibility index (Phi) is 4.70. The highest BCUT2D eigenvalue weighted by atomic mass is 16.2. The first kappa shape index (κ1) is 15.4. The number of nitrogens with one attached hydrogen (secondary N) is 2. The molecule has 1 fully saturated rings. The van der Waals surface area contributed by atoms with Crippen molar-refractivity contribution >= 4 is 11.6 Å². The maximum Gasteiger partial charge on any atom is 0.242 e. The van der Waals surface area contributed by atoms with Crippen LogP contribution in [0.15, 0.2) is 18.2 Å². The van der Waals surface area contributed by atoms with Gasteiger partial charge < -0.3 is 10.6 Å². The van der Waals surface area contributed by atoms with Crippen molar-refractivity contribution < 1.29 is 4.79 Å². The minimum atomic E-state index is -0.182. The van der Waals surface area contributed by atoms with Crippen molar-refractivity contribution in [2.24, 2.45) is 5.92 Å². The number of rotatable bonds is 4. The van der Waals surface area contributed by atoms with Crippen LogP contribution in [0.25, 0.3) is 0 Å². The molecule has 0 bridgehead atoms. The molecule has 0 radical (unpaired) electrons. The van der Waals surface area contributed by atoms with Crippen LogP contribution in [-0.2, 0) is 17.6 Å². The zero-order valence-electron chi connectivity index (χ0n) is 13.8. The monoisotopic (exact) mass is 300 g/mol. The fourth-order valence-corrected chi connectivity index (χ4v) is 3.71. The van der Waals surface area contributed by atoms with Gasteiger partial charge in [0.05, 0.1) is 0 Å². The fourth-order valence-electron chi connectivity index (χ4n) is 3.71. The molecule has 1 aromatic rings. The van der Waals surface area contributed by atoms with E-state index in [9.17, 15) is 4.79 Å². The molecule has 22 heavy (non-hydrogen) atoms. The maximum absolute atomic E-state index is 12.4. The van der Waals surface area contributed by atoms with Crippen LogP contribution < -0.4 is 10.6 Å². The van der Waals surface area contributed by atoms with Crippen LogP contribution >= 0.6 is 0 Å². The van der Waals surface area contributed by atoms with Crippen molar-refractivity contribution in [2.75, 3.05) is 5.32 Å². The molecule has 0 spiro atoms. The van der Waals surface area contributed by atoms with E-state index in [0.29, 0.717) is 6.04 Å². The number of hydrogen-bond donors (Lipinski definition) is 2. The summed E-state index contributed by atoms with van der Waals surface area (Å²) in [5, 5.41) is 6.57. The number of benzene rings is 1. The van der Waals surface area contributed by atoms with Crippen LogP contribution in [0.2, 0.25) is 0 Å². The first-order chi connectivity index (χ1) is 10.6. The van der Waals surface area contributed by atoms with Crippen molar-refractivity contribution in [3.8, 4) is 0 Å². The van der Waals surface area contributed by atoms with Crippen molar-refractivity contribution in [3.05, 3.63) is 29.3 Å². The minimum Gasteiger partial charge on any atom is -0.374 e. The minimum absolute atomic E-state index is 0.125. The van der Waals surface area contributed by atoms with Gasteiger partial charge in [-0.1, -0.05) is 13.0 Å². The Bertz CT molecular complexity index is 532. The summed E-state index contributed by atoms with van der Waals surface area (Å²) in [4.78, 5) is 12.4. The first-order valence-electron chi connectivity index (χ1n) is 8.80. The Morgan fingerprint density at radius 3 is 2.64 bits per heavy atom. The van der Waals surface area contributed by atoms with Crippen molar-refractivity contribution in [3.63, 3.8) is 0 Å². The molecule has 0 saturated heterocycles. The summed E-state index contributed by atoms with van der Waals surface area (Å²) in [7, 11) is 0. The summed E-state index contributed by atoms with van der Waals surface area (Å²) >= 11 is 0. The largest absolute Gasteiger partial charge is 0.374 e. The Labute approximate surface area is 133 Å². The lowest BCUT2D eigenvalue weighted by molar-refractivity contribution is -0.122. The lowest BCUT2D eigenvalue weighted by Crippen LogP contribution is -2.44.